The number of hydrogen-bond acceptors (Lipinski definition) is 1. The van der Waals surface area contributed by atoms with Crippen molar-refractivity contribution >= 4 is 46.1 Å². The van der Waals surface area contributed by atoms with Gasteiger partial charge in [-0.05, 0) is 6.08 Å². The van der Waals surface area contributed by atoms with Crippen molar-refractivity contribution in [1.82, 2.24) is 0 Å². The van der Waals surface area contributed by atoms with Crippen LogP contribution >= 0.6 is 46.1 Å². The predicted octanol–water partition coefficient (Wildman–Crippen LogP) is 4.47. The minimum absolute atomic E-state index is 0.469. The van der Waals surface area contributed by atoms with Gasteiger partial charge in [-0.2, -0.15) is 0 Å². The van der Waals surface area contributed by atoms with Gasteiger partial charge >= 0.3 is 0 Å². The Hall–Kier alpha value is 0.270. The van der Waals surface area contributed by atoms with Crippen LogP contribution in [-0.2, 0) is 6.54 Å². The van der Waals surface area contributed by atoms with E-state index in [-0.39, 0.29) is 0 Å². The van der Waals surface area contributed by atoms with Gasteiger partial charge in [0.2, 0.25) is 0 Å². The first-order valence-electron chi connectivity index (χ1n) is 4.42. The van der Waals surface area contributed by atoms with Gasteiger partial charge in [0.1, 0.15) is 10.9 Å². The van der Waals surface area contributed by atoms with Gasteiger partial charge in [-0.3, -0.25) is 0 Å². The molecule has 0 N–H and O–H groups in total. The zero-order chi connectivity index (χ0) is 11.6. The Morgan fingerprint density at radius 2 is 1.87 bits per heavy atom. The smallest absolute Gasteiger partial charge is 0.115 e. The highest BCUT2D eigenvalue weighted by molar-refractivity contribution is 7.17. The van der Waals surface area contributed by atoms with E-state index < -0.39 is 0 Å². The molecule has 0 unspecified atom stereocenters. The summed E-state index contributed by atoms with van der Waals surface area (Å²) in [7, 11) is 4.22. The normalized spacial score (nSPS) is 11.8. The van der Waals surface area contributed by atoms with Crippen LogP contribution in [0.25, 0.3) is 0 Å². The zero-order valence-corrected chi connectivity index (χ0v) is 11.8. The Morgan fingerprint density at radius 1 is 1.27 bits per heavy atom. The molecule has 1 heterocycles. The topological polar surface area (TPSA) is 0 Å². The van der Waals surface area contributed by atoms with Crippen LogP contribution < -0.4 is 0 Å². The van der Waals surface area contributed by atoms with Gasteiger partial charge in [-0.15, -0.1) is 11.3 Å². The van der Waals surface area contributed by atoms with Gasteiger partial charge in [0, 0.05) is 0 Å². The van der Waals surface area contributed by atoms with Gasteiger partial charge in [-0.1, -0.05) is 41.4 Å². The Morgan fingerprint density at radius 3 is 2.27 bits per heavy atom. The van der Waals surface area contributed by atoms with E-state index in [1.807, 2.05) is 6.08 Å². The summed E-state index contributed by atoms with van der Waals surface area (Å²) < 4.78 is 1.35. The minimum atomic E-state index is 0.469. The van der Waals surface area contributed by atoms with Crippen LogP contribution in [0.2, 0.25) is 14.4 Å². The molecule has 0 saturated carbocycles. The van der Waals surface area contributed by atoms with E-state index in [4.69, 9.17) is 34.8 Å². The number of rotatable bonds is 4. The fraction of sp³-hybridized carbons (Fsp3) is 0.400. The van der Waals surface area contributed by atoms with Crippen molar-refractivity contribution in [3.8, 4) is 0 Å². The zero-order valence-electron chi connectivity index (χ0n) is 8.69. The summed E-state index contributed by atoms with van der Waals surface area (Å²) in [5.74, 6) is 0. The van der Waals surface area contributed by atoms with E-state index in [1.54, 1.807) is 0 Å². The standard InChI is InChI=1S/C10H13Cl3NS/c1-4-5-14(2,3)6-7-8(11)9(12)10(13)15-7/h4H,1,5-6H2,2-3H3/q+1. The third-order valence-corrected chi connectivity index (χ3v) is 4.61. The van der Waals surface area contributed by atoms with Crippen molar-refractivity contribution in [3.05, 3.63) is 31.9 Å². The molecule has 0 aliphatic carbocycles. The molecule has 0 bridgehead atoms. The van der Waals surface area contributed by atoms with Crippen molar-refractivity contribution in [3.63, 3.8) is 0 Å². The van der Waals surface area contributed by atoms with Gasteiger partial charge in [0.15, 0.2) is 0 Å². The van der Waals surface area contributed by atoms with Crippen LogP contribution in [0.5, 0.6) is 0 Å². The number of thiophene rings is 1. The van der Waals surface area contributed by atoms with Crippen LogP contribution in [0.1, 0.15) is 4.88 Å². The monoisotopic (exact) mass is 284 g/mol. The molecular weight excluding hydrogens is 273 g/mol. The largest absolute Gasteiger partial charge is 0.321 e. The molecule has 1 aromatic rings. The average Bonchev–Trinajstić information content (AvgIpc) is 2.33. The van der Waals surface area contributed by atoms with Gasteiger partial charge < -0.3 is 4.48 Å². The Labute approximate surface area is 109 Å². The fourth-order valence-electron chi connectivity index (χ4n) is 1.31. The number of likely N-dealkylation sites (N-methyl/N-ethyl adjacent to an activating group) is 1. The lowest BCUT2D eigenvalue weighted by Gasteiger charge is -2.27. The summed E-state index contributed by atoms with van der Waals surface area (Å²) in [6.45, 7) is 5.42. The molecule has 0 atom stereocenters. The van der Waals surface area contributed by atoms with Crippen LogP contribution in [0.3, 0.4) is 0 Å². The lowest BCUT2D eigenvalue weighted by atomic mass is 10.3. The maximum absolute atomic E-state index is 6.08. The van der Waals surface area contributed by atoms with Crippen molar-refractivity contribution in [2.45, 2.75) is 6.54 Å². The van der Waals surface area contributed by atoms with E-state index >= 15 is 0 Å². The first kappa shape index (κ1) is 13.3. The summed E-state index contributed by atoms with van der Waals surface area (Å²) in [6, 6.07) is 0. The van der Waals surface area contributed by atoms with Crippen LogP contribution in [0.4, 0.5) is 0 Å². The molecule has 0 aliphatic rings. The summed E-state index contributed by atoms with van der Waals surface area (Å²) in [4.78, 5) is 1.03. The van der Waals surface area contributed by atoms with Gasteiger partial charge in [0.05, 0.1) is 35.6 Å². The van der Waals surface area contributed by atoms with E-state index in [2.05, 4.69) is 20.7 Å². The number of quaternary nitrogens is 1. The molecule has 0 amide bonds. The summed E-state index contributed by atoms with van der Waals surface area (Å²) >= 11 is 19.4. The fourth-order valence-corrected chi connectivity index (χ4v) is 3.36. The molecule has 0 fully saturated rings. The maximum Gasteiger partial charge on any atom is 0.115 e. The SMILES string of the molecule is C=CC[N+](C)(C)Cc1sc(Cl)c(Cl)c1Cl. The first-order valence-corrected chi connectivity index (χ1v) is 6.37. The third kappa shape index (κ3) is 3.36. The Bertz CT molecular complexity index is 371. The molecule has 1 aromatic heterocycles. The van der Waals surface area contributed by atoms with Crippen molar-refractivity contribution in [1.29, 1.82) is 0 Å². The van der Waals surface area contributed by atoms with E-state index in [0.717, 1.165) is 22.4 Å². The minimum Gasteiger partial charge on any atom is -0.321 e. The third-order valence-electron chi connectivity index (χ3n) is 2.02. The molecule has 0 saturated heterocycles. The lowest BCUT2D eigenvalue weighted by Crippen LogP contribution is -2.38. The Kier molecular flexibility index (Phi) is 4.50. The van der Waals surface area contributed by atoms with Crippen molar-refractivity contribution < 1.29 is 4.48 Å². The van der Waals surface area contributed by atoms with Crippen molar-refractivity contribution in [2.24, 2.45) is 0 Å². The molecule has 0 spiro atoms. The predicted molar refractivity (Wildman–Crippen MR) is 70.2 cm³/mol. The maximum atomic E-state index is 6.08. The molecule has 0 aliphatic heterocycles. The van der Waals surface area contributed by atoms with Gasteiger partial charge in [-0.25, -0.2) is 0 Å². The lowest BCUT2D eigenvalue weighted by molar-refractivity contribution is -0.897. The van der Waals surface area contributed by atoms with E-state index in [9.17, 15) is 0 Å². The molecule has 1 nitrogen and oxygen atoms in total. The number of halogens is 3. The molecular formula is C10H13Cl3NS+. The quantitative estimate of drug-likeness (QED) is 0.565. The van der Waals surface area contributed by atoms with Crippen LogP contribution in [0, 0.1) is 0 Å². The molecule has 84 valence electrons. The molecule has 0 aromatic carbocycles. The first-order chi connectivity index (χ1) is 6.87. The molecule has 15 heavy (non-hydrogen) atoms. The van der Waals surface area contributed by atoms with Crippen molar-refractivity contribution in [2.75, 3.05) is 20.6 Å². The van der Waals surface area contributed by atoms with E-state index in [1.165, 1.54) is 11.3 Å². The highest BCUT2D eigenvalue weighted by Crippen LogP contribution is 2.41. The molecule has 0 radical (unpaired) electrons. The second kappa shape index (κ2) is 5.07. The van der Waals surface area contributed by atoms with Crippen LogP contribution in [-0.4, -0.2) is 25.1 Å². The highest BCUT2D eigenvalue weighted by atomic mass is 35.5. The number of hydrogen-bond donors (Lipinski definition) is 0. The van der Waals surface area contributed by atoms with Crippen LogP contribution in [0.15, 0.2) is 12.7 Å². The van der Waals surface area contributed by atoms with Gasteiger partial charge in [0.25, 0.3) is 0 Å². The highest BCUT2D eigenvalue weighted by Gasteiger charge is 2.21. The summed E-state index contributed by atoms with van der Waals surface area (Å²) in [5.41, 5.74) is 0. The summed E-state index contributed by atoms with van der Waals surface area (Å²) in [6.07, 6.45) is 1.89. The second-order valence-corrected chi connectivity index (χ2v) is 6.46. The van der Waals surface area contributed by atoms with E-state index in [0.29, 0.717) is 14.4 Å². The number of nitrogens with zero attached hydrogens (tertiary/aromatic N) is 1. The summed E-state index contributed by atoms with van der Waals surface area (Å²) in [5, 5.41) is 1.05. The second-order valence-electron chi connectivity index (χ2n) is 3.99. The Balaban J connectivity index is 2.89. The molecule has 5 heteroatoms. The average molecular weight is 286 g/mol. The molecule has 1 rings (SSSR count).